The van der Waals surface area contributed by atoms with Crippen LogP contribution in [0.4, 0.5) is 0 Å². The van der Waals surface area contributed by atoms with Crippen LogP contribution in [-0.4, -0.2) is 14.6 Å². The number of aryl methyl sites for hydroxylation is 1. The Kier molecular flexibility index (Phi) is 2.54. The Bertz CT molecular complexity index is 552. The van der Waals surface area contributed by atoms with Gasteiger partial charge in [-0.1, -0.05) is 41.1 Å². The molecule has 0 N–H and O–H groups in total. The molecule has 3 heteroatoms. The summed E-state index contributed by atoms with van der Waals surface area (Å²) in [6, 6.07) is 8.51. The number of nitrogens with zero attached hydrogens (tertiary/aromatic N) is 2. The Morgan fingerprint density at radius 1 is 1.41 bits per heavy atom. The van der Waals surface area contributed by atoms with Crippen molar-refractivity contribution < 1.29 is 0 Å². The lowest BCUT2D eigenvalue weighted by Crippen LogP contribution is -2.15. The topological polar surface area (TPSA) is 17.8 Å². The van der Waals surface area contributed by atoms with Crippen LogP contribution in [0.3, 0.4) is 0 Å². The SMILES string of the molecule is CC(Br)C1(Cc2nn(C)c3ccccc23)CC1. The van der Waals surface area contributed by atoms with Crippen LogP contribution in [0.25, 0.3) is 10.9 Å². The van der Waals surface area contributed by atoms with E-state index in [0.717, 1.165) is 6.42 Å². The van der Waals surface area contributed by atoms with Gasteiger partial charge >= 0.3 is 0 Å². The van der Waals surface area contributed by atoms with Gasteiger partial charge in [0.1, 0.15) is 0 Å². The van der Waals surface area contributed by atoms with Crippen molar-refractivity contribution in [2.24, 2.45) is 12.5 Å². The van der Waals surface area contributed by atoms with Gasteiger partial charge in [-0.15, -0.1) is 0 Å². The predicted molar refractivity (Wildman–Crippen MR) is 74.5 cm³/mol. The fourth-order valence-corrected chi connectivity index (χ4v) is 3.25. The molecule has 1 saturated carbocycles. The molecule has 0 bridgehead atoms. The fraction of sp³-hybridized carbons (Fsp3) is 0.500. The van der Waals surface area contributed by atoms with Crippen LogP contribution < -0.4 is 0 Å². The molecule has 1 aliphatic rings. The maximum atomic E-state index is 4.69. The standard InChI is InChI=1S/C14H17BrN2/c1-10(15)14(7-8-14)9-12-11-5-3-4-6-13(11)17(2)16-12/h3-6,10H,7-9H2,1-2H3. The highest BCUT2D eigenvalue weighted by molar-refractivity contribution is 9.09. The summed E-state index contributed by atoms with van der Waals surface area (Å²) in [6.07, 6.45) is 3.75. The van der Waals surface area contributed by atoms with Gasteiger partial charge in [-0.05, 0) is 30.7 Å². The van der Waals surface area contributed by atoms with Crippen LogP contribution in [0.2, 0.25) is 0 Å². The number of benzene rings is 1. The first-order chi connectivity index (χ1) is 8.12. The average Bonchev–Trinajstić information content (AvgIpc) is 3.03. The van der Waals surface area contributed by atoms with E-state index in [-0.39, 0.29) is 0 Å². The van der Waals surface area contributed by atoms with Crippen molar-refractivity contribution in [2.45, 2.75) is 31.0 Å². The molecular formula is C14H17BrN2. The lowest BCUT2D eigenvalue weighted by Gasteiger charge is -2.16. The summed E-state index contributed by atoms with van der Waals surface area (Å²) in [6.45, 7) is 2.26. The molecule has 90 valence electrons. The smallest absolute Gasteiger partial charge is 0.0709 e. The zero-order valence-electron chi connectivity index (χ0n) is 10.3. The molecule has 0 aliphatic heterocycles. The summed E-state index contributed by atoms with van der Waals surface area (Å²) >= 11 is 3.75. The van der Waals surface area contributed by atoms with Crippen molar-refractivity contribution in [2.75, 3.05) is 0 Å². The quantitative estimate of drug-likeness (QED) is 0.789. The van der Waals surface area contributed by atoms with E-state index in [1.54, 1.807) is 0 Å². The minimum absolute atomic E-state index is 0.455. The number of hydrogen-bond acceptors (Lipinski definition) is 1. The lowest BCUT2D eigenvalue weighted by molar-refractivity contribution is 0.500. The zero-order chi connectivity index (χ0) is 12.0. The van der Waals surface area contributed by atoms with Gasteiger partial charge in [0, 0.05) is 17.3 Å². The number of rotatable bonds is 3. The van der Waals surface area contributed by atoms with Crippen molar-refractivity contribution in [3.05, 3.63) is 30.0 Å². The Morgan fingerprint density at radius 2 is 2.12 bits per heavy atom. The Labute approximate surface area is 110 Å². The van der Waals surface area contributed by atoms with E-state index < -0.39 is 0 Å². The molecule has 1 aliphatic carbocycles. The molecule has 2 aromatic rings. The molecule has 0 spiro atoms. The van der Waals surface area contributed by atoms with Crippen LogP contribution in [0, 0.1) is 5.41 Å². The van der Waals surface area contributed by atoms with Crippen molar-refractivity contribution in [1.29, 1.82) is 0 Å². The molecule has 1 aromatic heterocycles. The second-order valence-electron chi connectivity index (χ2n) is 5.24. The van der Waals surface area contributed by atoms with E-state index in [0.29, 0.717) is 10.2 Å². The Balaban J connectivity index is 2.01. The van der Waals surface area contributed by atoms with Crippen molar-refractivity contribution >= 4 is 26.8 Å². The Hall–Kier alpha value is -0.830. The molecule has 1 unspecified atom stereocenters. The number of para-hydroxylation sites is 1. The van der Waals surface area contributed by atoms with Crippen LogP contribution >= 0.6 is 15.9 Å². The highest BCUT2D eigenvalue weighted by Gasteiger charge is 2.46. The largest absolute Gasteiger partial charge is 0.268 e. The maximum Gasteiger partial charge on any atom is 0.0709 e. The minimum Gasteiger partial charge on any atom is -0.268 e. The van der Waals surface area contributed by atoms with E-state index in [1.807, 2.05) is 11.7 Å². The molecule has 1 fully saturated rings. The first-order valence-electron chi connectivity index (χ1n) is 6.17. The normalized spacial score (nSPS) is 19.5. The lowest BCUT2D eigenvalue weighted by atomic mass is 9.95. The van der Waals surface area contributed by atoms with E-state index in [1.165, 1.54) is 29.4 Å². The highest BCUT2D eigenvalue weighted by atomic mass is 79.9. The van der Waals surface area contributed by atoms with Crippen LogP contribution in [0.15, 0.2) is 24.3 Å². The van der Waals surface area contributed by atoms with Gasteiger partial charge in [-0.2, -0.15) is 5.10 Å². The number of hydrogen-bond donors (Lipinski definition) is 0. The number of fused-ring (bicyclic) bond motifs is 1. The van der Waals surface area contributed by atoms with Gasteiger partial charge in [0.2, 0.25) is 0 Å². The molecule has 2 nitrogen and oxygen atoms in total. The second-order valence-corrected chi connectivity index (χ2v) is 6.62. The first-order valence-corrected chi connectivity index (χ1v) is 7.09. The van der Waals surface area contributed by atoms with Crippen LogP contribution in [0.5, 0.6) is 0 Å². The summed E-state index contributed by atoms with van der Waals surface area (Å²) in [5, 5.41) is 6.01. The Morgan fingerprint density at radius 3 is 2.76 bits per heavy atom. The third-order valence-electron chi connectivity index (χ3n) is 4.09. The molecule has 0 amide bonds. The maximum absolute atomic E-state index is 4.69. The second kappa shape index (κ2) is 3.84. The van der Waals surface area contributed by atoms with Crippen LogP contribution in [0.1, 0.15) is 25.5 Å². The third kappa shape index (κ3) is 1.81. The number of halogens is 1. The zero-order valence-corrected chi connectivity index (χ0v) is 11.9. The van der Waals surface area contributed by atoms with Gasteiger partial charge in [0.05, 0.1) is 11.2 Å². The fourth-order valence-electron chi connectivity index (χ4n) is 2.63. The minimum atomic E-state index is 0.455. The average molecular weight is 293 g/mol. The molecule has 0 radical (unpaired) electrons. The third-order valence-corrected chi connectivity index (χ3v) is 5.06. The predicted octanol–water partition coefficient (Wildman–Crippen LogP) is 3.68. The first kappa shape index (κ1) is 11.3. The molecular weight excluding hydrogens is 276 g/mol. The molecule has 1 heterocycles. The molecule has 17 heavy (non-hydrogen) atoms. The molecule has 1 atom stereocenters. The van der Waals surface area contributed by atoms with E-state index in [4.69, 9.17) is 5.10 Å². The number of aromatic nitrogens is 2. The van der Waals surface area contributed by atoms with Gasteiger partial charge < -0.3 is 0 Å². The summed E-state index contributed by atoms with van der Waals surface area (Å²) in [5.41, 5.74) is 2.95. The van der Waals surface area contributed by atoms with Crippen molar-refractivity contribution in [3.8, 4) is 0 Å². The van der Waals surface area contributed by atoms with E-state index >= 15 is 0 Å². The summed E-state index contributed by atoms with van der Waals surface area (Å²) < 4.78 is 2.00. The van der Waals surface area contributed by atoms with Crippen LogP contribution in [-0.2, 0) is 13.5 Å². The van der Waals surface area contributed by atoms with Gasteiger partial charge in [0.25, 0.3) is 0 Å². The van der Waals surface area contributed by atoms with Gasteiger partial charge in [0.15, 0.2) is 0 Å². The highest BCUT2D eigenvalue weighted by Crippen LogP contribution is 2.54. The van der Waals surface area contributed by atoms with E-state index in [9.17, 15) is 0 Å². The van der Waals surface area contributed by atoms with Crippen molar-refractivity contribution in [3.63, 3.8) is 0 Å². The monoisotopic (exact) mass is 292 g/mol. The van der Waals surface area contributed by atoms with Gasteiger partial charge in [-0.25, -0.2) is 0 Å². The summed E-state index contributed by atoms with van der Waals surface area (Å²) in [5.74, 6) is 0. The molecule has 1 aromatic carbocycles. The summed E-state index contributed by atoms with van der Waals surface area (Å²) in [7, 11) is 2.03. The van der Waals surface area contributed by atoms with Crippen molar-refractivity contribution in [1.82, 2.24) is 9.78 Å². The van der Waals surface area contributed by atoms with Gasteiger partial charge in [-0.3, -0.25) is 4.68 Å². The summed E-state index contributed by atoms with van der Waals surface area (Å²) in [4.78, 5) is 0.579. The number of alkyl halides is 1. The molecule has 0 saturated heterocycles. The molecule has 3 rings (SSSR count). The van der Waals surface area contributed by atoms with E-state index in [2.05, 4.69) is 47.1 Å².